The molecular formula is C15H15ClN4. The van der Waals surface area contributed by atoms with E-state index in [1.165, 1.54) is 5.56 Å². The number of nitrogens with zero attached hydrogens (tertiary/aromatic N) is 3. The summed E-state index contributed by atoms with van der Waals surface area (Å²) in [6.07, 6.45) is 1.60. The molecule has 20 heavy (non-hydrogen) atoms. The molecule has 2 N–H and O–H groups in total. The van der Waals surface area contributed by atoms with Gasteiger partial charge in [0.15, 0.2) is 5.65 Å². The first-order valence-electron chi connectivity index (χ1n) is 6.46. The van der Waals surface area contributed by atoms with Gasteiger partial charge in [-0.2, -0.15) is 0 Å². The summed E-state index contributed by atoms with van der Waals surface area (Å²) in [5, 5.41) is 0.554. The van der Waals surface area contributed by atoms with Crippen LogP contribution in [0.5, 0.6) is 0 Å². The predicted molar refractivity (Wildman–Crippen MR) is 82.4 cm³/mol. The molecule has 3 rings (SSSR count). The molecular weight excluding hydrogens is 272 g/mol. The van der Waals surface area contributed by atoms with Crippen molar-refractivity contribution in [1.82, 2.24) is 14.5 Å². The number of pyridine rings is 1. The van der Waals surface area contributed by atoms with Crippen LogP contribution in [0.3, 0.4) is 0 Å². The van der Waals surface area contributed by atoms with Gasteiger partial charge in [0.2, 0.25) is 5.95 Å². The molecule has 0 amide bonds. The maximum Gasteiger partial charge on any atom is 0.207 e. The Kier molecular flexibility index (Phi) is 3.10. The minimum absolute atomic E-state index is 0.413. The van der Waals surface area contributed by atoms with Crippen LogP contribution in [0.2, 0.25) is 5.02 Å². The van der Waals surface area contributed by atoms with Gasteiger partial charge in [0.1, 0.15) is 5.52 Å². The number of nitrogens with two attached hydrogens (primary N) is 1. The smallest absolute Gasteiger partial charge is 0.207 e. The van der Waals surface area contributed by atoms with Gasteiger partial charge in [-0.25, -0.2) is 9.97 Å². The van der Waals surface area contributed by atoms with Crippen LogP contribution in [0.15, 0.2) is 36.5 Å². The van der Waals surface area contributed by atoms with Gasteiger partial charge in [-0.15, -0.1) is 0 Å². The van der Waals surface area contributed by atoms with Gasteiger partial charge in [-0.1, -0.05) is 37.6 Å². The maximum atomic E-state index is 6.03. The van der Waals surface area contributed by atoms with Crippen molar-refractivity contribution in [2.24, 2.45) is 0 Å². The van der Waals surface area contributed by atoms with Crippen LogP contribution in [0.25, 0.3) is 16.9 Å². The first-order chi connectivity index (χ1) is 9.56. The molecule has 2 aromatic heterocycles. The Hall–Kier alpha value is -2.07. The van der Waals surface area contributed by atoms with E-state index in [1.54, 1.807) is 12.3 Å². The van der Waals surface area contributed by atoms with Crippen molar-refractivity contribution in [1.29, 1.82) is 0 Å². The van der Waals surface area contributed by atoms with Gasteiger partial charge >= 0.3 is 0 Å². The number of nitrogen functional groups attached to an aromatic ring is 1. The number of fused-ring (bicyclic) bond motifs is 1. The van der Waals surface area contributed by atoms with Crippen molar-refractivity contribution in [2.75, 3.05) is 5.73 Å². The Morgan fingerprint density at radius 3 is 2.80 bits per heavy atom. The normalized spacial score (nSPS) is 11.4. The first kappa shape index (κ1) is 12.9. The van der Waals surface area contributed by atoms with Crippen molar-refractivity contribution in [3.63, 3.8) is 0 Å². The molecule has 1 aromatic carbocycles. The van der Waals surface area contributed by atoms with Gasteiger partial charge in [0.05, 0.1) is 10.7 Å². The summed E-state index contributed by atoms with van der Waals surface area (Å²) in [7, 11) is 0. The monoisotopic (exact) mass is 286 g/mol. The van der Waals surface area contributed by atoms with E-state index in [-0.39, 0.29) is 0 Å². The highest BCUT2D eigenvalue weighted by atomic mass is 35.5. The van der Waals surface area contributed by atoms with E-state index in [1.807, 2.05) is 16.7 Å². The lowest BCUT2D eigenvalue weighted by Gasteiger charge is -2.10. The molecule has 0 aliphatic carbocycles. The average Bonchev–Trinajstić information content (AvgIpc) is 2.73. The zero-order chi connectivity index (χ0) is 14.3. The van der Waals surface area contributed by atoms with Gasteiger partial charge in [-0.05, 0) is 29.7 Å². The molecule has 0 unspecified atom stereocenters. The van der Waals surface area contributed by atoms with Crippen LogP contribution in [0.1, 0.15) is 25.3 Å². The van der Waals surface area contributed by atoms with Gasteiger partial charge in [0, 0.05) is 6.20 Å². The molecule has 0 saturated heterocycles. The minimum Gasteiger partial charge on any atom is -0.369 e. The molecule has 102 valence electrons. The second-order valence-corrected chi connectivity index (χ2v) is 5.49. The number of rotatable bonds is 2. The van der Waals surface area contributed by atoms with Crippen molar-refractivity contribution in [3.05, 3.63) is 47.1 Å². The van der Waals surface area contributed by atoms with Crippen LogP contribution >= 0.6 is 11.6 Å². The van der Waals surface area contributed by atoms with Gasteiger partial charge in [0.25, 0.3) is 0 Å². The molecule has 0 aliphatic rings. The molecule has 5 heteroatoms. The third kappa shape index (κ3) is 2.12. The number of hydrogen-bond donors (Lipinski definition) is 1. The predicted octanol–water partition coefficient (Wildman–Crippen LogP) is 3.78. The number of anilines is 1. The number of aromatic nitrogens is 3. The second-order valence-electron chi connectivity index (χ2n) is 5.05. The lowest BCUT2D eigenvalue weighted by molar-refractivity contribution is 0.863. The fourth-order valence-corrected chi connectivity index (χ4v) is 2.39. The Morgan fingerprint density at radius 1 is 1.25 bits per heavy atom. The first-order valence-corrected chi connectivity index (χ1v) is 6.84. The molecule has 0 bridgehead atoms. The fourth-order valence-electron chi connectivity index (χ4n) is 2.24. The highest BCUT2D eigenvalue weighted by Crippen LogP contribution is 2.25. The molecule has 2 heterocycles. The fraction of sp³-hybridized carbons (Fsp3) is 0.200. The van der Waals surface area contributed by atoms with E-state index in [9.17, 15) is 0 Å². The Labute approximate surface area is 122 Å². The third-order valence-corrected chi connectivity index (χ3v) is 3.49. The zero-order valence-corrected chi connectivity index (χ0v) is 12.1. The van der Waals surface area contributed by atoms with E-state index in [4.69, 9.17) is 17.3 Å². The molecule has 0 spiro atoms. The zero-order valence-electron chi connectivity index (χ0n) is 11.3. The molecule has 0 saturated carbocycles. The summed E-state index contributed by atoms with van der Waals surface area (Å²) in [6.45, 7) is 4.32. The van der Waals surface area contributed by atoms with Crippen molar-refractivity contribution < 1.29 is 0 Å². The van der Waals surface area contributed by atoms with Crippen LogP contribution in [-0.2, 0) is 0 Å². The Morgan fingerprint density at radius 2 is 2.05 bits per heavy atom. The van der Waals surface area contributed by atoms with Crippen molar-refractivity contribution >= 4 is 28.7 Å². The lowest BCUT2D eigenvalue weighted by atomic mass is 10.0. The van der Waals surface area contributed by atoms with Gasteiger partial charge < -0.3 is 5.73 Å². The van der Waals surface area contributed by atoms with E-state index in [0.29, 0.717) is 28.1 Å². The summed E-state index contributed by atoms with van der Waals surface area (Å²) in [6, 6.07) is 10.0. The van der Waals surface area contributed by atoms with Crippen LogP contribution in [0.4, 0.5) is 5.95 Å². The summed E-state index contributed by atoms with van der Waals surface area (Å²) in [4.78, 5) is 8.66. The van der Waals surface area contributed by atoms with Crippen molar-refractivity contribution in [3.8, 4) is 5.69 Å². The highest BCUT2D eigenvalue weighted by Gasteiger charge is 2.12. The summed E-state index contributed by atoms with van der Waals surface area (Å²) < 4.78 is 1.84. The van der Waals surface area contributed by atoms with Crippen molar-refractivity contribution in [2.45, 2.75) is 19.8 Å². The lowest BCUT2D eigenvalue weighted by Crippen LogP contribution is -2.02. The van der Waals surface area contributed by atoms with Crippen LogP contribution < -0.4 is 5.73 Å². The minimum atomic E-state index is 0.413. The average molecular weight is 287 g/mol. The number of imidazole rings is 1. The summed E-state index contributed by atoms with van der Waals surface area (Å²) in [5.74, 6) is 0.865. The Balaban J connectivity index is 2.24. The van der Waals surface area contributed by atoms with Crippen LogP contribution in [0, 0.1) is 0 Å². The molecule has 4 nitrogen and oxygen atoms in total. The largest absolute Gasteiger partial charge is 0.369 e. The summed E-state index contributed by atoms with van der Waals surface area (Å²) >= 11 is 5.94. The van der Waals surface area contributed by atoms with Gasteiger partial charge in [-0.3, -0.25) is 4.57 Å². The maximum absolute atomic E-state index is 6.03. The van der Waals surface area contributed by atoms with E-state index in [2.05, 4.69) is 35.9 Å². The molecule has 0 atom stereocenters. The third-order valence-electron chi connectivity index (χ3n) is 3.28. The SMILES string of the molecule is CC(C)c1cccc(-n2c(N)nc3cc(Cl)cnc32)c1. The highest BCUT2D eigenvalue weighted by molar-refractivity contribution is 6.31. The molecule has 0 radical (unpaired) electrons. The quantitative estimate of drug-likeness (QED) is 0.780. The number of halogens is 1. The number of hydrogen-bond acceptors (Lipinski definition) is 3. The topological polar surface area (TPSA) is 56.7 Å². The molecule has 3 aromatic rings. The van der Waals surface area contributed by atoms with E-state index >= 15 is 0 Å². The van der Waals surface area contributed by atoms with E-state index in [0.717, 1.165) is 5.69 Å². The second kappa shape index (κ2) is 4.80. The number of benzene rings is 1. The Bertz CT molecular complexity index is 777. The molecule has 0 fully saturated rings. The van der Waals surface area contributed by atoms with Crippen LogP contribution in [-0.4, -0.2) is 14.5 Å². The summed E-state index contributed by atoms with van der Waals surface area (Å²) in [5.41, 5.74) is 9.66. The molecule has 0 aliphatic heterocycles. The standard InChI is InChI=1S/C15H15ClN4/c1-9(2)10-4-3-5-12(6-10)20-14-13(19-15(20)17)7-11(16)8-18-14/h3-9H,1-2H3,(H2,17,19). The van der Waals surface area contributed by atoms with E-state index < -0.39 is 0 Å².